The third kappa shape index (κ3) is 4.21. The van der Waals surface area contributed by atoms with Crippen LogP contribution in [0, 0.1) is 0 Å². The minimum absolute atomic E-state index is 0.183. The summed E-state index contributed by atoms with van der Waals surface area (Å²) in [5.41, 5.74) is 12.0. The molecule has 0 radical (unpaired) electrons. The highest BCUT2D eigenvalue weighted by Crippen LogP contribution is 2.16. The molecule has 0 atom stereocenters. The van der Waals surface area contributed by atoms with Crippen LogP contribution in [-0.2, 0) is 10.1 Å². The molecule has 6 heteroatoms. The third-order valence-electron chi connectivity index (χ3n) is 2.93. The molecule has 0 aliphatic rings. The Balaban J connectivity index is 0.000000160. The van der Waals surface area contributed by atoms with Crippen LogP contribution in [0.5, 0.6) is 0 Å². The first-order valence-corrected chi connectivity index (χ1v) is 7.87. The van der Waals surface area contributed by atoms with Crippen molar-refractivity contribution in [2.24, 2.45) is 0 Å². The van der Waals surface area contributed by atoms with Crippen molar-refractivity contribution in [3.63, 3.8) is 0 Å². The lowest BCUT2D eigenvalue weighted by atomic mass is 10.1. The first kappa shape index (κ1) is 15.8. The first-order valence-electron chi connectivity index (χ1n) is 6.43. The Morgan fingerprint density at radius 3 is 1.95 bits per heavy atom. The standard InChI is InChI=1S/C10H9N.C6H7NO3S/c11-10-6-5-8-3-1-2-4-9(8)7-10;7-5-2-1-3-6(4-5)11(8,9)10/h1-7H,11H2;1-4H,7H2,(H,8,9,10). The van der Waals surface area contributed by atoms with Crippen LogP contribution in [0.25, 0.3) is 10.8 Å². The summed E-state index contributed by atoms with van der Waals surface area (Å²) in [7, 11) is -4.11. The molecule has 0 saturated heterocycles. The lowest BCUT2D eigenvalue weighted by Gasteiger charge is -1.96. The summed E-state index contributed by atoms with van der Waals surface area (Å²) in [6.45, 7) is 0. The van der Waals surface area contributed by atoms with Crippen LogP contribution in [0.1, 0.15) is 0 Å². The van der Waals surface area contributed by atoms with Gasteiger partial charge in [0, 0.05) is 11.4 Å². The monoisotopic (exact) mass is 316 g/mol. The Bertz CT molecular complexity index is 893. The minimum Gasteiger partial charge on any atom is -0.399 e. The molecule has 0 aliphatic heterocycles. The van der Waals surface area contributed by atoms with E-state index in [4.69, 9.17) is 16.0 Å². The molecule has 3 aromatic rings. The average molecular weight is 316 g/mol. The molecule has 5 N–H and O–H groups in total. The van der Waals surface area contributed by atoms with Crippen LogP contribution in [0.15, 0.2) is 71.6 Å². The van der Waals surface area contributed by atoms with Gasteiger partial charge in [0.05, 0.1) is 4.90 Å². The van der Waals surface area contributed by atoms with Gasteiger partial charge >= 0.3 is 0 Å². The number of hydrogen-bond acceptors (Lipinski definition) is 4. The highest BCUT2D eigenvalue weighted by molar-refractivity contribution is 7.85. The van der Waals surface area contributed by atoms with Crippen LogP contribution in [0.3, 0.4) is 0 Å². The van der Waals surface area contributed by atoms with Crippen LogP contribution < -0.4 is 11.5 Å². The predicted octanol–water partition coefficient (Wildman–Crippen LogP) is 2.94. The number of hydrogen-bond donors (Lipinski definition) is 3. The smallest absolute Gasteiger partial charge is 0.294 e. The topological polar surface area (TPSA) is 106 Å². The van der Waals surface area contributed by atoms with Crippen molar-refractivity contribution in [3.8, 4) is 0 Å². The summed E-state index contributed by atoms with van der Waals surface area (Å²) < 4.78 is 29.5. The Morgan fingerprint density at radius 2 is 1.36 bits per heavy atom. The van der Waals surface area contributed by atoms with E-state index in [0.29, 0.717) is 5.69 Å². The Hall–Kier alpha value is -2.57. The van der Waals surface area contributed by atoms with Crippen LogP contribution in [0.4, 0.5) is 11.4 Å². The van der Waals surface area contributed by atoms with Gasteiger partial charge in [-0.1, -0.05) is 36.4 Å². The van der Waals surface area contributed by atoms with Crippen molar-refractivity contribution in [2.45, 2.75) is 4.90 Å². The summed E-state index contributed by atoms with van der Waals surface area (Å²) in [6, 6.07) is 19.6. The van der Waals surface area contributed by atoms with Gasteiger partial charge in [0.2, 0.25) is 0 Å². The summed E-state index contributed by atoms with van der Waals surface area (Å²) in [4.78, 5) is -0.183. The van der Waals surface area contributed by atoms with E-state index in [0.717, 1.165) is 5.69 Å². The van der Waals surface area contributed by atoms with Crippen LogP contribution in [0.2, 0.25) is 0 Å². The summed E-state index contributed by atoms with van der Waals surface area (Å²) in [6.07, 6.45) is 0. The molecular formula is C16H16N2O3S. The lowest BCUT2D eigenvalue weighted by molar-refractivity contribution is 0.483. The quantitative estimate of drug-likeness (QED) is 0.473. The zero-order valence-corrected chi connectivity index (χ0v) is 12.5. The molecule has 22 heavy (non-hydrogen) atoms. The fraction of sp³-hybridized carbons (Fsp3) is 0. The van der Waals surface area contributed by atoms with Gasteiger partial charge in [-0.3, -0.25) is 4.55 Å². The second-order valence-electron chi connectivity index (χ2n) is 4.65. The summed E-state index contributed by atoms with van der Waals surface area (Å²) >= 11 is 0. The van der Waals surface area contributed by atoms with Crippen molar-refractivity contribution in [2.75, 3.05) is 11.5 Å². The number of nitrogens with two attached hydrogens (primary N) is 2. The highest BCUT2D eigenvalue weighted by atomic mass is 32.2. The van der Waals surface area contributed by atoms with Crippen molar-refractivity contribution >= 4 is 32.3 Å². The summed E-state index contributed by atoms with van der Waals surface area (Å²) in [5, 5.41) is 2.44. The number of fused-ring (bicyclic) bond motifs is 1. The normalized spacial score (nSPS) is 10.8. The van der Waals surface area contributed by atoms with E-state index in [1.807, 2.05) is 30.3 Å². The molecule has 0 saturated carbocycles. The maximum absolute atomic E-state index is 10.5. The van der Waals surface area contributed by atoms with Crippen molar-refractivity contribution < 1.29 is 13.0 Å². The molecule has 3 aromatic carbocycles. The molecule has 114 valence electrons. The number of rotatable bonds is 1. The third-order valence-corrected chi connectivity index (χ3v) is 3.78. The number of nitrogen functional groups attached to an aromatic ring is 2. The van der Waals surface area contributed by atoms with E-state index in [9.17, 15) is 8.42 Å². The minimum atomic E-state index is -4.11. The Kier molecular flexibility index (Phi) is 4.65. The molecule has 0 unspecified atom stereocenters. The highest BCUT2D eigenvalue weighted by Gasteiger charge is 2.07. The molecular weight excluding hydrogens is 300 g/mol. The maximum Gasteiger partial charge on any atom is 0.294 e. The molecule has 0 spiro atoms. The second-order valence-corrected chi connectivity index (χ2v) is 6.08. The lowest BCUT2D eigenvalue weighted by Crippen LogP contribution is -1.98. The fourth-order valence-corrected chi connectivity index (χ4v) is 2.42. The molecule has 0 amide bonds. The van der Waals surface area contributed by atoms with Gasteiger partial charge in [-0.05, 0) is 41.1 Å². The molecule has 0 heterocycles. The van der Waals surface area contributed by atoms with E-state index >= 15 is 0 Å². The maximum atomic E-state index is 10.5. The second kappa shape index (κ2) is 6.46. The van der Waals surface area contributed by atoms with E-state index in [-0.39, 0.29) is 4.90 Å². The van der Waals surface area contributed by atoms with Gasteiger partial charge in [-0.25, -0.2) is 0 Å². The Morgan fingerprint density at radius 1 is 0.727 bits per heavy atom. The molecule has 0 aromatic heterocycles. The van der Waals surface area contributed by atoms with Crippen molar-refractivity contribution in [1.82, 2.24) is 0 Å². The van der Waals surface area contributed by atoms with Gasteiger partial charge in [-0.2, -0.15) is 8.42 Å². The first-order chi connectivity index (χ1) is 10.4. The van der Waals surface area contributed by atoms with E-state index in [1.165, 1.54) is 35.0 Å². The molecule has 0 fully saturated rings. The van der Waals surface area contributed by atoms with E-state index < -0.39 is 10.1 Å². The Labute approximate surface area is 128 Å². The van der Waals surface area contributed by atoms with Crippen molar-refractivity contribution in [1.29, 1.82) is 0 Å². The fourth-order valence-electron chi connectivity index (χ4n) is 1.88. The zero-order valence-electron chi connectivity index (χ0n) is 11.7. The predicted molar refractivity (Wildman–Crippen MR) is 89.0 cm³/mol. The SMILES string of the molecule is Nc1ccc2ccccc2c1.Nc1cccc(S(=O)(=O)O)c1. The number of benzene rings is 3. The van der Waals surface area contributed by atoms with Gasteiger partial charge < -0.3 is 11.5 Å². The van der Waals surface area contributed by atoms with Crippen LogP contribution in [-0.4, -0.2) is 13.0 Å². The van der Waals surface area contributed by atoms with E-state index in [2.05, 4.69) is 12.1 Å². The van der Waals surface area contributed by atoms with Crippen molar-refractivity contribution in [3.05, 3.63) is 66.7 Å². The molecule has 0 aliphatic carbocycles. The molecule has 3 rings (SSSR count). The molecule has 5 nitrogen and oxygen atoms in total. The summed E-state index contributed by atoms with van der Waals surface area (Å²) in [5.74, 6) is 0. The van der Waals surface area contributed by atoms with Gasteiger partial charge in [0.15, 0.2) is 0 Å². The van der Waals surface area contributed by atoms with Gasteiger partial charge in [-0.15, -0.1) is 0 Å². The number of anilines is 2. The van der Waals surface area contributed by atoms with E-state index in [1.54, 1.807) is 0 Å². The van der Waals surface area contributed by atoms with Crippen LogP contribution >= 0.6 is 0 Å². The van der Waals surface area contributed by atoms with Gasteiger partial charge in [0.25, 0.3) is 10.1 Å². The largest absolute Gasteiger partial charge is 0.399 e. The average Bonchev–Trinajstić information content (AvgIpc) is 2.47. The molecule has 0 bridgehead atoms. The zero-order chi connectivity index (χ0) is 16.2. The van der Waals surface area contributed by atoms with Gasteiger partial charge in [0.1, 0.15) is 0 Å².